The predicted molar refractivity (Wildman–Crippen MR) is 96.5 cm³/mol. The van der Waals surface area contributed by atoms with E-state index in [9.17, 15) is 0 Å². The minimum atomic E-state index is 0.780. The highest BCUT2D eigenvalue weighted by atomic mass is 35.5. The maximum absolute atomic E-state index is 6.07. The molecule has 0 atom stereocenters. The number of thioether (sulfide) groups is 1. The van der Waals surface area contributed by atoms with E-state index in [-0.39, 0.29) is 0 Å². The van der Waals surface area contributed by atoms with Gasteiger partial charge in [0.05, 0.1) is 6.54 Å². The molecule has 0 N–H and O–H groups in total. The fourth-order valence-corrected chi connectivity index (χ4v) is 4.54. The summed E-state index contributed by atoms with van der Waals surface area (Å²) >= 11 is 8.01. The smallest absolute Gasteiger partial charge is 0.217 e. The van der Waals surface area contributed by atoms with Crippen LogP contribution in [0.3, 0.4) is 0 Å². The number of benzene rings is 2. The third-order valence-electron chi connectivity index (χ3n) is 4.26. The molecule has 0 fully saturated rings. The molecule has 0 spiro atoms. The molecule has 0 radical (unpaired) electrons. The van der Waals surface area contributed by atoms with E-state index in [1.54, 1.807) is 0 Å². The first-order valence-electron chi connectivity index (χ1n) is 7.85. The van der Waals surface area contributed by atoms with Crippen LogP contribution >= 0.6 is 23.4 Å². The van der Waals surface area contributed by atoms with Crippen LogP contribution in [-0.4, -0.2) is 10.3 Å². The van der Waals surface area contributed by atoms with E-state index in [1.165, 1.54) is 40.0 Å². The van der Waals surface area contributed by atoms with E-state index in [4.69, 9.17) is 11.6 Å². The largest absolute Gasteiger partial charge is 0.323 e. The SMILES string of the molecule is Cc1c(-c2ccc(Cl)cc2)[n+]2c(n1-c1ccccc1)SCCC2. The molecule has 1 aliphatic heterocycles. The van der Waals surface area contributed by atoms with E-state index < -0.39 is 0 Å². The maximum atomic E-state index is 6.07. The highest BCUT2D eigenvalue weighted by molar-refractivity contribution is 7.99. The van der Waals surface area contributed by atoms with Crippen molar-refractivity contribution in [2.75, 3.05) is 5.75 Å². The fraction of sp³-hybridized carbons (Fsp3) is 0.211. The number of halogens is 1. The van der Waals surface area contributed by atoms with E-state index in [0.717, 1.165) is 11.6 Å². The van der Waals surface area contributed by atoms with Crippen molar-refractivity contribution in [2.24, 2.45) is 0 Å². The molecule has 4 heteroatoms. The van der Waals surface area contributed by atoms with Gasteiger partial charge in [0.15, 0.2) is 11.4 Å². The van der Waals surface area contributed by atoms with Gasteiger partial charge >= 0.3 is 5.16 Å². The fourth-order valence-electron chi connectivity index (χ4n) is 3.25. The van der Waals surface area contributed by atoms with Crippen LogP contribution in [0.4, 0.5) is 0 Å². The van der Waals surface area contributed by atoms with Crippen molar-refractivity contribution in [3.05, 3.63) is 65.3 Å². The first-order valence-corrected chi connectivity index (χ1v) is 9.21. The number of hydrogen-bond donors (Lipinski definition) is 0. The molecule has 0 aliphatic carbocycles. The van der Waals surface area contributed by atoms with Gasteiger partial charge in [-0.15, -0.1) is 0 Å². The van der Waals surface area contributed by atoms with E-state index in [2.05, 4.69) is 58.5 Å². The standard InChI is InChI=1S/C19H18ClN2S/c1-14-18(15-8-10-16(20)11-9-15)21-12-5-13-23-19(21)22(14)17-6-3-2-4-7-17/h2-4,6-11H,5,12-13H2,1H3/q+1. The third kappa shape index (κ3) is 2.58. The van der Waals surface area contributed by atoms with Crippen LogP contribution in [0.2, 0.25) is 5.02 Å². The molecule has 0 unspecified atom stereocenters. The molecule has 2 nitrogen and oxygen atoms in total. The Bertz CT molecular complexity index is 838. The second-order valence-electron chi connectivity index (χ2n) is 5.75. The molecule has 1 aromatic heterocycles. The number of para-hydroxylation sites is 1. The molecular formula is C19H18ClN2S+. The van der Waals surface area contributed by atoms with Gasteiger partial charge in [0.1, 0.15) is 5.69 Å². The first-order chi connectivity index (χ1) is 11.3. The normalized spacial score (nSPS) is 13.8. The Morgan fingerprint density at radius 1 is 1.04 bits per heavy atom. The molecule has 4 rings (SSSR count). The van der Waals surface area contributed by atoms with Gasteiger partial charge in [-0.25, -0.2) is 4.57 Å². The average molecular weight is 342 g/mol. The monoisotopic (exact) mass is 341 g/mol. The summed E-state index contributed by atoms with van der Waals surface area (Å²) in [4.78, 5) is 0. The molecule has 116 valence electrons. The molecule has 0 bridgehead atoms. The van der Waals surface area contributed by atoms with Gasteiger partial charge in [-0.2, -0.15) is 4.57 Å². The van der Waals surface area contributed by atoms with Gasteiger partial charge in [-0.3, -0.25) is 0 Å². The Morgan fingerprint density at radius 3 is 2.52 bits per heavy atom. The van der Waals surface area contributed by atoms with Gasteiger partial charge in [0.25, 0.3) is 0 Å². The minimum absolute atomic E-state index is 0.780. The Hall–Kier alpha value is -1.71. The van der Waals surface area contributed by atoms with Crippen LogP contribution in [0.25, 0.3) is 16.9 Å². The Balaban J connectivity index is 1.97. The lowest BCUT2D eigenvalue weighted by atomic mass is 10.1. The lowest BCUT2D eigenvalue weighted by molar-refractivity contribution is -0.724. The van der Waals surface area contributed by atoms with Gasteiger partial charge in [0.2, 0.25) is 0 Å². The lowest BCUT2D eigenvalue weighted by Gasteiger charge is -2.10. The molecule has 23 heavy (non-hydrogen) atoms. The summed E-state index contributed by atoms with van der Waals surface area (Å²) in [6.07, 6.45) is 1.21. The number of imidazole rings is 1. The molecule has 0 amide bonds. The topological polar surface area (TPSA) is 8.81 Å². The van der Waals surface area contributed by atoms with Crippen molar-refractivity contribution >= 4 is 23.4 Å². The highest BCUT2D eigenvalue weighted by Gasteiger charge is 2.32. The maximum Gasteiger partial charge on any atom is 0.323 e. The Kier molecular flexibility index (Phi) is 3.92. The van der Waals surface area contributed by atoms with Crippen LogP contribution in [0.1, 0.15) is 12.1 Å². The van der Waals surface area contributed by atoms with Crippen LogP contribution in [0.15, 0.2) is 59.8 Å². The Labute approximate surface area is 145 Å². The summed E-state index contributed by atoms with van der Waals surface area (Å²) < 4.78 is 4.84. The summed E-state index contributed by atoms with van der Waals surface area (Å²) in [5.41, 5.74) is 5.03. The van der Waals surface area contributed by atoms with Gasteiger partial charge in [0, 0.05) is 23.3 Å². The van der Waals surface area contributed by atoms with Crippen molar-refractivity contribution in [3.8, 4) is 16.9 Å². The summed E-state index contributed by atoms with van der Waals surface area (Å²) in [6, 6.07) is 18.8. The molecule has 2 aromatic carbocycles. The summed E-state index contributed by atoms with van der Waals surface area (Å²) in [5.74, 6) is 1.18. The number of hydrogen-bond acceptors (Lipinski definition) is 1. The summed E-state index contributed by atoms with van der Waals surface area (Å²) in [6.45, 7) is 3.28. The predicted octanol–water partition coefficient (Wildman–Crippen LogP) is 4.89. The molecule has 2 heterocycles. The van der Waals surface area contributed by atoms with Crippen molar-refractivity contribution < 1.29 is 4.57 Å². The van der Waals surface area contributed by atoms with Crippen LogP contribution in [0.5, 0.6) is 0 Å². The van der Waals surface area contributed by atoms with E-state index in [0.29, 0.717) is 0 Å². The molecule has 0 saturated heterocycles. The Morgan fingerprint density at radius 2 is 1.78 bits per heavy atom. The first kappa shape index (κ1) is 14.9. The van der Waals surface area contributed by atoms with E-state index >= 15 is 0 Å². The van der Waals surface area contributed by atoms with Crippen molar-refractivity contribution in [1.29, 1.82) is 0 Å². The minimum Gasteiger partial charge on any atom is -0.217 e. The second-order valence-corrected chi connectivity index (χ2v) is 7.25. The zero-order valence-electron chi connectivity index (χ0n) is 13.0. The molecule has 0 saturated carbocycles. The lowest BCUT2D eigenvalue weighted by Crippen LogP contribution is -2.40. The summed E-state index contributed by atoms with van der Waals surface area (Å²) in [5, 5.41) is 2.10. The number of rotatable bonds is 2. The summed E-state index contributed by atoms with van der Waals surface area (Å²) in [7, 11) is 0. The van der Waals surface area contributed by atoms with Gasteiger partial charge < -0.3 is 0 Å². The number of fused-ring (bicyclic) bond motifs is 1. The third-order valence-corrected chi connectivity index (χ3v) is 5.67. The zero-order valence-corrected chi connectivity index (χ0v) is 14.6. The zero-order chi connectivity index (χ0) is 15.8. The van der Waals surface area contributed by atoms with Crippen molar-refractivity contribution in [1.82, 2.24) is 4.57 Å². The van der Waals surface area contributed by atoms with Gasteiger partial charge in [-0.05, 0) is 54.6 Å². The average Bonchev–Trinajstić information content (AvgIpc) is 2.88. The number of aromatic nitrogens is 2. The highest BCUT2D eigenvalue weighted by Crippen LogP contribution is 2.32. The van der Waals surface area contributed by atoms with E-state index in [1.807, 2.05) is 23.9 Å². The molecule has 1 aliphatic rings. The second kappa shape index (κ2) is 6.06. The van der Waals surface area contributed by atoms with Crippen LogP contribution < -0.4 is 4.57 Å². The van der Waals surface area contributed by atoms with Crippen molar-refractivity contribution in [2.45, 2.75) is 25.0 Å². The molecule has 3 aromatic rings. The van der Waals surface area contributed by atoms with Crippen LogP contribution in [-0.2, 0) is 6.54 Å². The van der Waals surface area contributed by atoms with Crippen LogP contribution in [0, 0.1) is 6.92 Å². The van der Waals surface area contributed by atoms with Gasteiger partial charge in [-0.1, -0.05) is 29.8 Å². The molecular weight excluding hydrogens is 324 g/mol. The quantitative estimate of drug-likeness (QED) is 0.603. The van der Waals surface area contributed by atoms with Crippen molar-refractivity contribution in [3.63, 3.8) is 0 Å². The number of nitrogens with zero attached hydrogens (tertiary/aromatic N) is 2.